The zero-order valence-electron chi connectivity index (χ0n) is 17.2. The van der Waals surface area contributed by atoms with Crippen LogP contribution in [0.15, 0.2) is 0 Å². The predicted octanol–water partition coefficient (Wildman–Crippen LogP) is 1.28. The molecule has 3 aliphatic rings. The van der Waals surface area contributed by atoms with Gasteiger partial charge in [-0.05, 0) is 25.7 Å². The van der Waals surface area contributed by atoms with Crippen molar-refractivity contribution in [3.63, 3.8) is 0 Å². The standard InChI is InChI=1S/C20H32BrN3O4S/c1-3-4-5-8-23-18(27)16-20-11-12(21)15(29-20)13(17(26)22-2)14(20)19(28)24(16)9-6-7-10-25/h12-16,25H,3-11H2,1-2H3,(H,22,26)(H,23,27)/t12?,13-,14-,15-,16?,20?/m0/s1. The highest BCUT2D eigenvalue weighted by atomic mass is 79.9. The van der Waals surface area contributed by atoms with E-state index >= 15 is 0 Å². The Labute approximate surface area is 185 Å². The molecule has 6 atom stereocenters. The lowest BCUT2D eigenvalue weighted by molar-refractivity contribution is -0.139. The summed E-state index contributed by atoms with van der Waals surface area (Å²) in [7, 11) is 1.60. The van der Waals surface area contributed by atoms with E-state index in [2.05, 4.69) is 33.5 Å². The van der Waals surface area contributed by atoms with Gasteiger partial charge in [-0.1, -0.05) is 35.7 Å². The SMILES string of the molecule is CCCCCNC(=O)C1N(CCCCO)C(=O)[C@@H]2[C@H](C(=O)NC)[C@H]3SC12CC3Br. The lowest BCUT2D eigenvalue weighted by atomic mass is 9.70. The molecule has 9 heteroatoms. The molecule has 0 saturated carbocycles. The number of nitrogens with one attached hydrogen (secondary N) is 2. The van der Waals surface area contributed by atoms with Crippen molar-refractivity contribution in [2.24, 2.45) is 11.8 Å². The first-order valence-corrected chi connectivity index (χ1v) is 12.4. The third-order valence-electron chi connectivity index (χ3n) is 6.47. The lowest BCUT2D eigenvalue weighted by Crippen LogP contribution is -2.54. The summed E-state index contributed by atoms with van der Waals surface area (Å²) < 4.78 is -0.568. The number of halogens is 1. The molecule has 0 aromatic carbocycles. The van der Waals surface area contributed by atoms with E-state index in [1.165, 1.54) is 0 Å². The van der Waals surface area contributed by atoms with Gasteiger partial charge in [-0.15, -0.1) is 11.8 Å². The van der Waals surface area contributed by atoms with Gasteiger partial charge in [0.2, 0.25) is 17.7 Å². The third kappa shape index (κ3) is 3.94. The molecule has 2 bridgehead atoms. The van der Waals surface area contributed by atoms with Crippen molar-refractivity contribution in [3.8, 4) is 0 Å². The summed E-state index contributed by atoms with van der Waals surface area (Å²) in [6.45, 7) is 3.22. The molecule has 7 nitrogen and oxygen atoms in total. The fraction of sp³-hybridized carbons (Fsp3) is 0.850. The molecule has 3 N–H and O–H groups in total. The number of fused-ring (bicyclic) bond motifs is 1. The fourth-order valence-corrected chi connectivity index (χ4v) is 8.83. The number of amides is 3. The molecular formula is C20H32BrN3O4S. The van der Waals surface area contributed by atoms with Crippen molar-refractivity contribution in [3.05, 3.63) is 0 Å². The Balaban J connectivity index is 1.89. The lowest BCUT2D eigenvalue weighted by Gasteiger charge is -2.35. The predicted molar refractivity (Wildman–Crippen MR) is 117 cm³/mol. The normalized spacial score (nSPS) is 35.1. The molecule has 3 rings (SSSR count). The number of carbonyl (C=O) groups is 3. The van der Waals surface area contributed by atoms with E-state index in [0.29, 0.717) is 32.4 Å². The van der Waals surface area contributed by atoms with Crippen LogP contribution in [0.1, 0.15) is 45.4 Å². The Morgan fingerprint density at radius 2 is 2.03 bits per heavy atom. The summed E-state index contributed by atoms with van der Waals surface area (Å²) in [6, 6.07) is -0.565. The molecule has 3 aliphatic heterocycles. The fourth-order valence-electron chi connectivity index (χ4n) is 5.21. The maximum atomic E-state index is 13.5. The van der Waals surface area contributed by atoms with E-state index in [-0.39, 0.29) is 34.4 Å². The molecule has 3 heterocycles. The number of carbonyl (C=O) groups excluding carboxylic acids is 3. The summed E-state index contributed by atoms with van der Waals surface area (Å²) in [5, 5.41) is 14.9. The first-order valence-electron chi connectivity index (χ1n) is 10.7. The van der Waals surface area contributed by atoms with Gasteiger partial charge in [0.1, 0.15) is 6.04 Å². The van der Waals surface area contributed by atoms with Gasteiger partial charge in [0, 0.05) is 36.8 Å². The maximum Gasteiger partial charge on any atom is 0.244 e. The van der Waals surface area contributed by atoms with Crippen LogP contribution < -0.4 is 10.6 Å². The molecule has 0 aromatic rings. The number of hydrogen-bond acceptors (Lipinski definition) is 5. The first kappa shape index (κ1) is 22.9. The zero-order valence-corrected chi connectivity index (χ0v) is 19.6. The van der Waals surface area contributed by atoms with Gasteiger partial charge in [0.15, 0.2) is 0 Å². The van der Waals surface area contributed by atoms with E-state index in [9.17, 15) is 14.4 Å². The first-order chi connectivity index (χ1) is 13.9. The Morgan fingerprint density at radius 3 is 2.69 bits per heavy atom. The largest absolute Gasteiger partial charge is 0.396 e. The average Bonchev–Trinajstić information content (AvgIpc) is 3.28. The van der Waals surface area contributed by atoms with Crippen LogP contribution in [-0.4, -0.2) is 75.3 Å². The van der Waals surface area contributed by atoms with E-state index in [1.807, 2.05) is 0 Å². The molecule has 0 aliphatic carbocycles. The monoisotopic (exact) mass is 489 g/mol. The van der Waals surface area contributed by atoms with Gasteiger partial charge in [-0.2, -0.15) is 0 Å². The summed E-state index contributed by atoms with van der Waals surface area (Å²) in [4.78, 5) is 41.2. The molecule has 3 amide bonds. The number of hydrogen-bond donors (Lipinski definition) is 3. The third-order valence-corrected chi connectivity index (χ3v) is 9.69. The van der Waals surface area contributed by atoms with Crippen LogP contribution in [0.2, 0.25) is 0 Å². The van der Waals surface area contributed by atoms with E-state index in [4.69, 9.17) is 5.11 Å². The van der Waals surface area contributed by atoms with Crippen LogP contribution in [0, 0.1) is 11.8 Å². The van der Waals surface area contributed by atoms with Gasteiger partial charge in [0.05, 0.1) is 16.6 Å². The van der Waals surface area contributed by atoms with Crippen LogP contribution in [0.5, 0.6) is 0 Å². The number of rotatable bonds is 10. The second-order valence-electron chi connectivity index (χ2n) is 8.24. The number of alkyl halides is 1. The average molecular weight is 490 g/mol. The number of thioether (sulfide) groups is 1. The quantitative estimate of drug-likeness (QED) is 0.317. The van der Waals surface area contributed by atoms with Gasteiger partial charge >= 0.3 is 0 Å². The Kier molecular flexibility index (Phi) is 7.54. The Morgan fingerprint density at radius 1 is 1.28 bits per heavy atom. The second kappa shape index (κ2) is 9.56. The molecule has 29 heavy (non-hydrogen) atoms. The summed E-state index contributed by atoms with van der Waals surface area (Å²) in [5.41, 5.74) is 0. The van der Waals surface area contributed by atoms with Crippen LogP contribution in [0.3, 0.4) is 0 Å². The van der Waals surface area contributed by atoms with Crippen molar-refractivity contribution in [1.29, 1.82) is 0 Å². The smallest absolute Gasteiger partial charge is 0.244 e. The summed E-state index contributed by atoms with van der Waals surface area (Å²) in [5.74, 6) is -1.20. The van der Waals surface area contributed by atoms with Crippen molar-refractivity contribution < 1.29 is 19.5 Å². The minimum absolute atomic E-state index is 0.00103. The van der Waals surface area contributed by atoms with E-state index in [0.717, 1.165) is 19.3 Å². The maximum absolute atomic E-state index is 13.5. The summed E-state index contributed by atoms with van der Waals surface area (Å²) >= 11 is 5.38. The molecular weight excluding hydrogens is 458 g/mol. The van der Waals surface area contributed by atoms with Crippen LogP contribution >= 0.6 is 27.7 Å². The Hall–Kier alpha value is -0.800. The highest BCUT2D eigenvalue weighted by Gasteiger charge is 2.75. The molecule has 3 unspecified atom stereocenters. The number of unbranched alkanes of at least 4 members (excludes halogenated alkanes) is 3. The highest BCUT2D eigenvalue weighted by molar-refractivity contribution is 9.09. The van der Waals surface area contributed by atoms with E-state index in [1.54, 1.807) is 23.7 Å². The number of likely N-dealkylation sites (tertiary alicyclic amines) is 1. The number of aliphatic hydroxyl groups is 1. The molecule has 0 aromatic heterocycles. The summed E-state index contributed by atoms with van der Waals surface area (Å²) in [6.07, 6.45) is 4.98. The highest BCUT2D eigenvalue weighted by Crippen LogP contribution is 2.67. The van der Waals surface area contributed by atoms with Crippen molar-refractivity contribution in [1.82, 2.24) is 15.5 Å². The molecule has 1 spiro atoms. The zero-order chi connectivity index (χ0) is 21.2. The van der Waals surface area contributed by atoms with Crippen molar-refractivity contribution in [2.45, 2.75) is 66.3 Å². The minimum Gasteiger partial charge on any atom is -0.396 e. The van der Waals surface area contributed by atoms with Gasteiger partial charge < -0.3 is 20.6 Å². The molecule has 3 fully saturated rings. The molecule has 3 saturated heterocycles. The van der Waals surface area contributed by atoms with E-state index < -0.39 is 22.6 Å². The van der Waals surface area contributed by atoms with Crippen molar-refractivity contribution in [2.75, 3.05) is 26.7 Å². The van der Waals surface area contributed by atoms with Crippen LogP contribution in [0.4, 0.5) is 0 Å². The second-order valence-corrected chi connectivity index (χ2v) is 11.0. The van der Waals surface area contributed by atoms with Gasteiger partial charge in [0.25, 0.3) is 0 Å². The topological polar surface area (TPSA) is 98.7 Å². The van der Waals surface area contributed by atoms with Crippen LogP contribution in [-0.2, 0) is 14.4 Å². The van der Waals surface area contributed by atoms with Gasteiger partial charge in [-0.25, -0.2) is 0 Å². The van der Waals surface area contributed by atoms with Crippen molar-refractivity contribution >= 4 is 45.4 Å². The molecule has 0 radical (unpaired) electrons. The molecule has 164 valence electrons. The van der Waals surface area contributed by atoms with Gasteiger partial charge in [-0.3, -0.25) is 14.4 Å². The van der Waals surface area contributed by atoms with Crippen LogP contribution in [0.25, 0.3) is 0 Å². The number of aliphatic hydroxyl groups excluding tert-OH is 1. The Bertz CT molecular complexity index is 651. The minimum atomic E-state index is -0.568. The number of nitrogens with zero attached hydrogens (tertiary/aromatic N) is 1.